The summed E-state index contributed by atoms with van der Waals surface area (Å²) in [4.78, 5) is 26.3. The molecule has 0 spiro atoms. The Bertz CT molecular complexity index is 1680. The SMILES string of the molecule is CC#CCC1CC(NC(=O)Nc2cc(C(N)=O)c(F)cc2F)CCN1Cc1ccc(Oc2ccc(NS(C)(=O)=O)cc2)cc1.Cl. The van der Waals surface area contributed by atoms with E-state index in [-0.39, 0.29) is 30.2 Å². The first-order valence-corrected chi connectivity index (χ1v) is 15.6. The number of carbonyl (C=O) groups excluding carboxylic acids is 2. The van der Waals surface area contributed by atoms with Crippen LogP contribution in [0.3, 0.4) is 0 Å². The first kappa shape index (κ1) is 35.1. The number of anilines is 2. The molecule has 2 unspecified atom stereocenters. The third-order valence-electron chi connectivity index (χ3n) is 6.96. The van der Waals surface area contributed by atoms with E-state index in [1.807, 2.05) is 24.3 Å². The fraction of sp³-hybridized carbons (Fsp3) is 0.290. The van der Waals surface area contributed by atoms with E-state index in [1.54, 1.807) is 31.2 Å². The van der Waals surface area contributed by atoms with E-state index in [0.717, 1.165) is 17.9 Å². The third kappa shape index (κ3) is 10.3. The fourth-order valence-corrected chi connectivity index (χ4v) is 5.45. The van der Waals surface area contributed by atoms with Crippen LogP contribution in [0, 0.1) is 23.5 Å². The van der Waals surface area contributed by atoms with Crippen molar-refractivity contribution in [2.24, 2.45) is 5.73 Å². The van der Waals surface area contributed by atoms with Crippen LogP contribution in [0.25, 0.3) is 0 Å². The van der Waals surface area contributed by atoms with E-state index < -0.39 is 39.2 Å². The molecule has 10 nitrogen and oxygen atoms in total. The zero-order chi connectivity index (χ0) is 31.9. The van der Waals surface area contributed by atoms with E-state index >= 15 is 0 Å². The zero-order valence-electron chi connectivity index (χ0n) is 24.6. The van der Waals surface area contributed by atoms with Gasteiger partial charge >= 0.3 is 6.03 Å². The smallest absolute Gasteiger partial charge is 0.319 e. The maximum atomic E-state index is 14.2. The number of amides is 3. The van der Waals surface area contributed by atoms with Gasteiger partial charge in [0.05, 0.1) is 17.5 Å². The first-order chi connectivity index (χ1) is 20.9. The number of carbonyl (C=O) groups is 2. The third-order valence-corrected chi connectivity index (χ3v) is 7.57. The summed E-state index contributed by atoms with van der Waals surface area (Å²) in [5.74, 6) is 4.03. The average molecular weight is 662 g/mol. The van der Waals surface area contributed by atoms with Gasteiger partial charge in [-0.25, -0.2) is 22.0 Å². The van der Waals surface area contributed by atoms with Crippen molar-refractivity contribution in [3.05, 3.63) is 83.4 Å². The Morgan fingerprint density at radius 2 is 1.69 bits per heavy atom. The number of urea groups is 1. The molecular weight excluding hydrogens is 628 g/mol. The first-order valence-electron chi connectivity index (χ1n) is 13.7. The van der Waals surface area contributed by atoms with Gasteiger partial charge in [-0.3, -0.25) is 14.4 Å². The molecule has 240 valence electrons. The van der Waals surface area contributed by atoms with Gasteiger partial charge in [0, 0.05) is 43.3 Å². The number of hydrogen-bond donors (Lipinski definition) is 4. The average Bonchev–Trinajstić information content (AvgIpc) is 2.95. The lowest BCUT2D eigenvalue weighted by Crippen LogP contribution is -2.50. The van der Waals surface area contributed by atoms with Gasteiger partial charge in [0.15, 0.2) is 0 Å². The molecule has 2 atom stereocenters. The molecular formula is C31H34ClF2N5O5S. The number of halogens is 3. The maximum Gasteiger partial charge on any atom is 0.319 e. The number of sulfonamides is 1. The van der Waals surface area contributed by atoms with E-state index in [2.05, 4.69) is 32.1 Å². The number of primary amides is 1. The molecule has 5 N–H and O–H groups in total. The molecule has 3 amide bonds. The number of benzene rings is 3. The fourth-order valence-electron chi connectivity index (χ4n) is 4.89. The summed E-state index contributed by atoms with van der Waals surface area (Å²) in [5, 5.41) is 5.19. The molecule has 3 aromatic carbocycles. The van der Waals surface area contributed by atoms with Crippen LogP contribution in [0.1, 0.15) is 42.1 Å². The largest absolute Gasteiger partial charge is 0.457 e. The van der Waals surface area contributed by atoms with Crippen molar-refractivity contribution in [1.29, 1.82) is 0 Å². The molecule has 0 aromatic heterocycles. The highest BCUT2D eigenvalue weighted by atomic mass is 35.5. The van der Waals surface area contributed by atoms with E-state index in [4.69, 9.17) is 10.5 Å². The number of hydrogen-bond acceptors (Lipinski definition) is 6. The molecule has 0 saturated carbocycles. The summed E-state index contributed by atoms with van der Waals surface area (Å²) in [6.07, 6.45) is 2.91. The summed E-state index contributed by atoms with van der Waals surface area (Å²) in [6.45, 7) is 3.09. The molecule has 0 bridgehead atoms. The van der Waals surface area contributed by atoms with Gasteiger partial charge in [-0.05, 0) is 67.8 Å². The lowest BCUT2D eigenvalue weighted by molar-refractivity contribution is 0.0996. The monoisotopic (exact) mass is 661 g/mol. The van der Waals surface area contributed by atoms with Crippen LogP contribution in [-0.2, 0) is 16.6 Å². The van der Waals surface area contributed by atoms with Crippen LogP contribution in [0.4, 0.5) is 25.0 Å². The van der Waals surface area contributed by atoms with Crippen LogP contribution >= 0.6 is 12.4 Å². The summed E-state index contributed by atoms with van der Waals surface area (Å²) < 4.78 is 59.0. The highest BCUT2D eigenvalue weighted by molar-refractivity contribution is 7.92. The number of nitrogens with two attached hydrogens (primary N) is 1. The molecule has 4 rings (SSSR count). The van der Waals surface area contributed by atoms with Gasteiger partial charge in [-0.15, -0.1) is 24.2 Å². The quantitative estimate of drug-likeness (QED) is 0.220. The molecule has 1 saturated heterocycles. The molecule has 3 aromatic rings. The van der Waals surface area contributed by atoms with E-state index in [1.165, 1.54) is 0 Å². The number of nitrogens with one attached hydrogen (secondary N) is 3. The maximum absolute atomic E-state index is 14.2. The standard InChI is InChI=1S/C31H33F2N5O5S.ClH/c1-3-4-5-23-16-22(35-31(40)36-29-17-26(30(34)39)27(32)18-28(29)33)14-15-38(23)19-20-6-10-24(11-7-20)43-25-12-8-21(9-13-25)37-44(2,41)42;/h6-13,17-18,22-23,37H,5,14-16,19H2,1-2H3,(H2,34,39)(H2,35,36,40);1H. The number of ether oxygens (including phenoxy) is 1. The minimum absolute atomic E-state index is 0. The van der Waals surface area contributed by atoms with Gasteiger partial charge < -0.3 is 21.1 Å². The topological polar surface area (TPSA) is 143 Å². The summed E-state index contributed by atoms with van der Waals surface area (Å²) in [7, 11) is -3.36. The van der Waals surface area contributed by atoms with E-state index in [0.29, 0.717) is 55.6 Å². The van der Waals surface area contributed by atoms with Gasteiger partial charge in [-0.1, -0.05) is 12.1 Å². The molecule has 1 aliphatic rings. The van der Waals surface area contributed by atoms with Crippen molar-refractivity contribution in [2.75, 3.05) is 22.8 Å². The van der Waals surface area contributed by atoms with Crippen molar-refractivity contribution in [3.63, 3.8) is 0 Å². The zero-order valence-corrected chi connectivity index (χ0v) is 26.2. The Morgan fingerprint density at radius 1 is 1.04 bits per heavy atom. The Kier molecular flexibility index (Phi) is 12.1. The second-order valence-electron chi connectivity index (χ2n) is 10.4. The predicted molar refractivity (Wildman–Crippen MR) is 171 cm³/mol. The summed E-state index contributed by atoms with van der Waals surface area (Å²) in [6, 6.07) is 14.8. The summed E-state index contributed by atoms with van der Waals surface area (Å²) in [5.41, 5.74) is 5.75. The number of nitrogens with zero attached hydrogens (tertiary/aromatic N) is 1. The summed E-state index contributed by atoms with van der Waals surface area (Å²) >= 11 is 0. The van der Waals surface area contributed by atoms with Crippen molar-refractivity contribution in [1.82, 2.24) is 10.2 Å². The highest BCUT2D eigenvalue weighted by Crippen LogP contribution is 2.27. The normalized spacial score (nSPS) is 16.4. The van der Waals surface area contributed by atoms with Crippen molar-refractivity contribution in [3.8, 4) is 23.3 Å². The number of piperidine rings is 1. The molecule has 14 heteroatoms. The molecule has 0 radical (unpaired) electrons. The highest BCUT2D eigenvalue weighted by Gasteiger charge is 2.29. The minimum atomic E-state index is -3.36. The second-order valence-corrected chi connectivity index (χ2v) is 12.1. The van der Waals surface area contributed by atoms with E-state index in [9.17, 15) is 26.8 Å². The van der Waals surface area contributed by atoms with Crippen LogP contribution < -0.4 is 25.8 Å². The van der Waals surface area contributed by atoms with Gasteiger partial charge in [0.2, 0.25) is 10.0 Å². The second kappa shape index (κ2) is 15.6. The van der Waals surface area contributed by atoms with Crippen LogP contribution in [-0.4, -0.2) is 50.1 Å². The molecule has 1 heterocycles. The van der Waals surface area contributed by atoms with Crippen LogP contribution in [0.5, 0.6) is 11.5 Å². The Hall–Kier alpha value is -4.38. The molecule has 1 fully saturated rings. The van der Waals surface area contributed by atoms with Crippen molar-refractivity contribution in [2.45, 2.75) is 44.8 Å². The lowest BCUT2D eigenvalue weighted by atomic mass is 9.94. The lowest BCUT2D eigenvalue weighted by Gasteiger charge is -2.39. The number of rotatable bonds is 10. The molecule has 1 aliphatic heterocycles. The van der Waals surface area contributed by atoms with Gasteiger partial charge in [0.1, 0.15) is 23.1 Å². The minimum Gasteiger partial charge on any atom is -0.457 e. The Balaban J connectivity index is 0.00000552. The van der Waals surface area contributed by atoms with Gasteiger partial charge in [-0.2, -0.15) is 0 Å². The Morgan fingerprint density at radius 3 is 2.29 bits per heavy atom. The Labute approximate surface area is 267 Å². The van der Waals surface area contributed by atoms with Crippen LogP contribution in [0.15, 0.2) is 60.7 Å². The number of likely N-dealkylation sites (tertiary alicyclic amines) is 1. The van der Waals surface area contributed by atoms with Crippen LogP contribution in [0.2, 0.25) is 0 Å². The predicted octanol–water partition coefficient (Wildman–Crippen LogP) is 5.22. The van der Waals surface area contributed by atoms with Gasteiger partial charge in [0.25, 0.3) is 5.91 Å². The molecule has 0 aliphatic carbocycles. The van der Waals surface area contributed by atoms with Crippen molar-refractivity contribution >= 4 is 45.7 Å². The molecule has 45 heavy (non-hydrogen) atoms. The van der Waals surface area contributed by atoms with Crippen molar-refractivity contribution < 1.29 is 31.5 Å².